The Bertz CT molecular complexity index is 1080. The van der Waals surface area contributed by atoms with E-state index in [2.05, 4.69) is 20.8 Å². The molecule has 0 saturated heterocycles. The number of methoxy groups -OCH3 is 2. The van der Waals surface area contributed by atoms with Gasteiger partial charge in [-0.25, -0.2) is 4.79 Å². The van der Waals surface area contributed by atoms with Crippen molar-refractivity contribution in [1.29, 1.82) is 0 Å². The first kappa shape index (κ1) is 20.5. The fraction of sp³-hybridized carbons (Fsp3) is 0.478. The number of carbonyl (C=O) groups is 1. The summed E-state index contributed by atoms with van der Waals surface area (Å²) in [6.45, 7) is 6.85. The van der Waals surface area contributed by atoms with E-state index in [1.54, 1.807) is 14.2 Å². The number of pyridine rings is 1. The average Bonchev–Trinajstić information content (AvgIpc) is 3.09. The predicted octanol–water partition coefficient (Wildman–Crippen LogP) is 3.32. The number of rotatable bonds is 4. The number of nitrogens with zero attached hydrogens (tertiary/aromatic N) is 1. The van der Waals surface area contributed by atoms with Crippen molar-refractivity contribution in [2.45, 2.75) is 45.8 Å². The van der Waals surface area contributed by atoms with Crippen molar-refractivity contribution in [3.05, 3.63) is 45.2 Å². The van der Waals surface area contributed by atoms with Crippen molar-refractivity contribution in [3.63, 3.8) is 0 Å². The molecule has 2 aromatic rings. The van der Waals surface area contributed by atoms with Crippen molar-refractivity contribution in [3.8, 4) is 22.8 Å². The third-order valence-electron chi connectivity index (χ3n) is 6.07. The molecule has 0 fully saturated rings. The Labute approximate surface area is 175 Å². The van der Waals surface area contributed by atoms with Crippen LogP contribution in [-0.2, 0) is 17.6 Å². The number of hydrogen-bond acceptors (Lipinski definition) is 5. The molecule has 0 saturated carbocycles. The Morgan fingerprint density at radius 2 is 1.97 bits per heavy atom. The number of aromatic nitrogens is 1. The lowest BCUT2D eigenvalue weighted by Crippen LogP contribution is -2.33. The molecule has 2 unspecified atom stereocenters. The molecule has 1 aromatic heterocycles. The molecule has 7 nitrogen and oxygen atoms in total. The van der Waals surface area contributed by atoms with Gasteiger partial charge in [0, 0.05) is 43.0 Å². The molecule has 4 rings (SSSR count). The zero-order chi connectivity index (χ0) is 21.8. The molecule has 1 aromatic carbocycles. The van der Waals surface area contributed by atoms with E-state index < -0.39 is 11.4 Å². The maximum atomic E-state index is 12.6. The van der Waals surface area contributed by atoms with Crippen LogP contribution in [0, 0.1) is 5.41 Å². The van der Waals surface area contributed by atoms with E-state index in [4.69, 9.17) is 14.2 Å². The monoisotopic (exact) mass is 413 g/mol. The summed E-state index contributed by atoms with van der Waals surface area (Å²) in [6, 6.07) is 3.32. The van der Waals surface area contributed by atoms with Crippen molar-refractivity contribution in [1.82, 2.24) is 4.57 Å². The Morgan fingerprint density at radius 3 is 2.57 bits per heavy atom. The zero-order valence-corrected chi connectivity index (χ0v) is 17.9. The fourth-order valence-corrected chi connectivity index (χ4v) is 4.60. The standard InChI is InChI=1S/C23H27NO6/c1-23(2,3)20-8-13-14(17-9-18(25)16(22(26)27)10-24(17)20)7-19(29-5)21-15(13)6-12(30-21)11-28-4/h7,9-10,12,20H,6,8,11H2,1-5H3,(H,26,27). The van der Waals surface area contributed by atoms with Crippen LogP contribution in [0.25, 0.3) is 11.3 Å². The van der Waals surface area contributed by atoms with Gasteiger partial charge in [0.1, 0.15) is 11.7 Å². The third-order valence-corrected chi connectivity index (χ3v) is 6.07. The van der Waals surface area contributed by atoms with E-state index in [1.165, 1.54) is 12.3 Å². The number of aromatic carboxylic acids is 1. The Kier molecular flexibility index (Phi) is 4.89. The Morgan fingerprint density at radius 1 is 1.23 bits per heavy atom. The molecule has 2 aliphatic heterocycles. The Hall–Kier alpha value is -2.80. The van der Waals surface area contributed by atoms with Gasteiger partial charge in [-0.3, -0.25) is 4.79 Å². The third kappa shape index (κ3) is 3.17. The molecule has 2 aliphatic rings. The van der Waals surface area contributed by atoms with Crippen LogP contribution in [0.2, 0.25) is 0 Å². The molecule has 0 bridgehead atoms. The largest absolute Gasteiger partial charge is 0.493 e. The van der Waals surface area contributed by atoms with Crippen molar-refractivity contribution in [2.75, 3.05) is 20.8 Å². The number of carboxylic acid groups (broad SMARTS) is 1. The highest BCUT2D eigenvalue weighted by Gasteiger charge is 2.38. The van der Waals surface area contributed by atoms with Crippen LogP contribution < -0.4 is 14.9 Å². The number of benzene rings is 1. The SMILES string of the molecule is COCC1Cc2c3c(cc(OC)c2O1)-c1cc(=O)c(C(=O)O)cn1C(C(C)(C)C)C3. The van der Waals surface area contributed by atoms with E-state index >= 15 is 0 Å². The molecule has 1 N–H and O–H groups in total. The van der Waals surface area contributed by atoms with Crippen molar-refractivity contribution < 1.29 is 24.1 Å². The van der Waals surface area contributed by atoms with Crippen LogP contribution in [0.1, 0.15) is 48.3 Å². The van der Waals surface area contributed by atoms with Gasteiger partial charge in [-0.2, -0.15) is 0 Å². The van der Waals surface area contributed by atoms with E-state index in [0.29, 0.717) is 30.9 Å². The molecule has 0 aliphatic carbocycles. The van der Waals surface area contributed by atoms with Gasteiger partial charge >= 0.3 is 5.97 Å². The summed E-state index contributed by atoms with van der Waals surface area (Å²) in [4.78, 5) is 24.2. The molecule has 160 valence electrons. The van der Waals surface area contributed by atoms with Crippen LogP contribution >= 0.6 is 0 Å². The van der Waals surface area contributed by atoms with Gasteiger partial charge < -0.3 is 23.9 Å². The smallest absolute Gasteiger partial charge is 0.341 e. The summed E-state index contributed by atoms with van der Waals surface area (Å²) in [5, 5.41) is 9.48. The first-order chi connectivity index (χ1) is 14.2. The highest BCUT2D eigenvalue weighted by atomic mass is 16.5. The summed E-state index contributed by atoms with van der Waals surface area (Å²) in [5.41, 5.74) is 2.95. The van der Waals surface area contributed by atoms with Gasteiger partial charge in [0.2, 0.25) is 0 Å². The highest BCUT2D eigenvalue weighted by Crippen LogP contribution is 2.50. The molecule has 2 atom stereocenters. The zero-order valence-electron chi connectivity index (χ0n) is 17.9. The first-order valence-corrected chi connectivity index (χ1v) is 10.0. The molecule has 7 heteroatoms. The van der Waals surface area contributed by atoms with Crippen LogP contribution in [0.3, 0.4) is 0 Å². The minimum absolute atomic E-state index is 0.0160. The highest BCUT2D eigenvalue weighted by molar-refractivity contribution is 5.88. The summed E-state index contributed by atoms with van der Waals surface area (Å²) in [5.74, 6) is 0.137. The first-order valence-electron chi connectivity index (χ1n) is 10.0. The molecule has 0 amide bonds. The van der Waals surface area contributed by atoms with Gasteiger partial charge in [0.15, 0.2) is 16.9 Å². The number of hydrogen-bond donors (Lipinski definition) is 1. The molecular weight excluding hydrogens is 386 g/mol. The van der Waals surface area contributed by atoms with E-state index in [-0.39, 0.29) is 23.1 Å². The summed E-state index contributed by atoms with van der Waals surface area (Å²) in [7, 11) is 3.24. The summed E-state index contributed by atoms with van der Waals surface area (Å²) < 4.78 is 19.0. The molecule has 30 heavy (non-hydrogen) atoms. The maximum absolute atomic E-state index is 12.6. The molecule has 0 radical (unpaired) electrons. The molecular formula is C23H27NO6. The number of fused-ring (bicyclic) bond motifs is 5. The van der Waals surface area contributed by atoms with Gasteiger partial charge in [-0.15, -0.1) is 0 Å². The number of ether oxygens (including phenoxy) is 3. The lowest BCUT2D eigenvalue weighted by Gasteiger charge is -2.39. The van der Waals surface area contributed by atoms with Crippen LogP contribution in [0.4, 0.5) is 0 Å². The Balaban J connectivity index is 1.98. The van der Waals surface area contributed by atoms with E-state index in [1.807, 2.05) is 10.6 Å². The van der Waals surface area contributed by atoms with Crippen LogP contribution in [0.5, 0.6) is 11.5 Å². The second-order valence-electron chi connectivity index (χ2n) is 9.05. The van der Waals surface area contributed by atoms with Gasteiger partial charge in [-0.05, 0) is 23.5 Å². The second-order valence-corrected chi connectivity index (χ2v) is 9.05. The van der Waals surface area contributed by atoms with E-state index in [9.17, 15) is 14.7 Å². The lowest BCUT2D eigenvalue weighted by atomic mass is 9.77. The second kappa shape index (κ2) is 7.16. The van der Waals surface area contributed by atoms with Crippen molar-refractivity contribution >= 4 is 5.97 Å². The quantitative estimate of drug-likeness (QED) is 0.828. The minimum atomic E-state index is -1.21. The summed E-state index contributed by atoms with van der Waals surface area (Å²) in [6.07, 6.45) is 2.82. The van der Waals surface area contributed by atoms with Crippen molar-refractivity contribution in [2.24, 2.45) is 5.41 Å². The molecule has 0 spiro atoms. The van der Waals surface area contributed by atoms with Gasteiger partial charge in [0.05, 0.1) is 19.4 Å². The fourth-order valence-electron chi connectivity index (χ4n) is 4.60. The lowest BCUT2D eigenvalue weighted by molar-refractivity contribution is 0.0693. The number of carboxylic acids is 1. The topological polar surface area (TPSA) is 87.0 Å². The van der Waals surface area contributed by atoms with Crippen LogP contribution in [0.15, 0.2) is 23.1 Å². The minimum Gasteiger partial charge on any atom is -0.493 e. The van der Waals surface area contributed by atoms with Gasteiger partial charge in [0.25, 0.3) is 0 Å². The maximum Gasteiger partial charge on any atom is 0.341 e. The predicted molar refractivity (Wildman–Crippen MR) is 112 cm³/mol. The summed E-state index contributed by atoms with van der Waals surface area (Å²) >= 11 is 0. The van der Waals surface area contributed by atoms with E-state index in [0.717, 1.165) is 22.4 Å². The van der Waals surface area contributed by atoms with Gasteiger partial charge in [-0.1, -0.05) is 20.8 Å². The normalized spacial score (nSPS) is 19.5. The van der Waals surface area contributed by atoms with Crippen LogP contribution in [-0.4, -0.2) is 42.6 Å². The molecule has 3 heterocycles. The average molecular weight is 413 g/mol.